The number of nitrogen functional groups attached to an aromatic ring is 1. The van der Waals surface area contributed by atoms with E-state index < -0.39 is 11.7 Å². The van der Waals surface area contributed by atoms with Crippen LogP contribution in [0.5, 0.6) is 0 Å². The third-order valence-corrected chi connectivity index (χ3v) is 3.67. The van der Waals surface area contributed by atoms with E-state index in [1.807, 2.05) is 74.9 Å². The van der Waals surface area contributed by atoms with E-state index in [0.29, 0.717) is 17.3 Å². The van der Waals surface area contributed by atoms with Gasteiger partial charge in [0, 0.05) is 12.7 Å². The molecular formula is C19H22N4O2. The zero-order valence-corrected chi connectivity index (χ0v) is 14.9. The molecule has 1 amide bonds. The molecule has 3 aromatic rings. The SMILES string of the molecule is Cn1c(N(C(=O)OC(C)(C)C)c2ccccc2)nc2cc(N)ccc21. The third kappa shape index (κ3) is 3.42. The third-order valence-electron chi connectivity index (χ3n) is 3.67. The summed E-state index contributed by atoms with van der Waals surface area (Å²) in [6.07, 6.45) is -0.481. The zero-order valence-electron chi connectivity index (χ0n) is 14.9. The zero-order chi connectivity index (χ0) is 18.2. The van der Waals surface area contributed by atoms with Gasteiger partial charge in [-0.05, 0) is 51.1 Å². The minimum Gasteiger partial charge on any atom is -0.443 e. The van der Waals surface area contributed by atoms with Crippen LogP contribution in [0.4, 0.5) is 22.1 Å². The number of anilines is 3. The molecule has 0 bridgehead atoms. The monoisotopic (exact) mass is 338 g/mol. The molecule has 0 spiro atoms. The standard InChI is InChI=1S/C19H22N4O2/c1-19(2,3)25-18(24)23(14-8-6-5-7-9-14)17-21-15-12-13(20)10-11-16(15)22(17)4/h5-12H,20H2,1-4H3. The van der Waals surface area contributed by atoms with Crippen molar-refractivity contribution in [2.24, 2.45) is 7.05 Å². The smallest absolute Gasteiger partial charge is 0.421 e. The molecule has 0 aliphatic heterocycles. The molecule has 6 heteroatoms. The van der Waals surface area contributed by atoms with Gasteiger partial charge >= 0.3 is 6.09 Å². The number of imidazole rings is 1. The largest absolute Gasteiger partial charge is 0.443 e. The lowest BCUT2D eigenvalue weighted by Gasteiger charge is -2.26. The molecule has 2 N–H and O–H groups in total. The van der Waals surface area contributed by atoms with Gasteiger partial charge in [0.2, 0.25) is 5.95 Å². The average molecular weight is 338 g/mol. The van der Waals surface area contributed by atoms with Gasteiger partial charge in [-0.1, -0.05) is 18.2 Å². The molecule has 0 saturated heterocycles. The Labute approximate surface area is 146 Å². The van der Waals surface area contributed by atoms with Crippen LogP contribution in [0.3, 0.4) is 0 Å². The van der Waals surface area contributed by atoms with Crippen LogP contribution in [-0.2, 0) is 11.8 Å². The Morgan fingerprint density at radius 3 is 2.48 bits per heavy atom. The Hall–Kier alpha value is -3.02. The molecular weight excluding hydrogens is 316 g/mol. The van der Waals surface area contributed by atoms with E-state index >= 15 is 0 Å². The highest BCUT2D eigenvalue weighted by atomic mass is 16.6. The number of hydrogen-bond donors (Lipinski definition) is 1. The second kappa shape index (κ2) is 6.12. The minimum atomic E-state index is -0.612. The van der Waals surface area contributed by atoms with Crippen molar-refractivity contribution in [3.63, 3.8) is 0 Å². The van der Waals surface area contributed by atoms with Crippen molar-refractivity contribution < 1.29 is 9.53 Å². The number of rotatable bonds is 2. The summed E-state index contributed by atoms with van der Waals surface area (Å²) in [6.45, 7) is 5.51. The van der Waals surface area contributed by atoms with Gasteiger partial charge in [-0.3, -0.25) is 0 Å². The van der Waals surface area contributed by atoms with Gasteiger partial charge < -0.3 is 15.0 Å². The minimum absolute atomic E-state index is 0.473. The topological polar surface area (TPSA) is 73.4 Å². The number of fused-ring (bicyclic) bond motifs is 1. The van der Waals surface area contributed by atoms with Crippen molar-refractivity contribution in [3.8, 4) is 0 Å². The summed E-state index contributed by atoms with van der Waals surface area (Å²) < 4.78 is 7.45. The molecule has 1 heterocycles. The van der Waals surface area contributed by atoms with Gasteiger partial charge in [0.25, 0.3) is 0 Å². The van der Waals surface area contributed by atoms with Crippen molar-refractivity contribution >= 4 is 34.4 Å². The van der Waals surface area contributed by atoms with Crippen molar-refractivity contribution in [1.82, 2.24) is 9.55 Å². The predicted molar refractivity (Wildman–Crippen MR) is 99.9 cm³/mol. The van der Waals surface area contributed by atoms with Crippen LogP contribution in [0.15, 0.2) is 48.5 Å². The van der Waals surface area contributed by atoms with Crippen LogP contribution >= 0.6 is 0 Å². The Kier molecular flexibility index (Phi) is 4.12. The number of nitrogens with two attached hydrogens (primary N) is 1. The Morgan fingerprint density at radius 2 is 1.84 bits per heavy atom. The first-order valence-electron chi connectivity index (χ1n) is 8.06. The molecule has 6 nitrogen and oxygen atoms in total. The molecule has 2 aromatic carbocycles. The Morgan fingerprint density at radius 1 is 1.16 bits per heavy atom. The Balaban J connectivity index is 2.15. The summed E-state index contributed by atoms with van der Waals surface area (Å²) in [5.74, 6) is 0.473. The first-order valence-corrected chi connectivity index (χ1v) is 8.06. The van der Waals surface area contributed by atoms with Gasteiger partial charge in [-0.15, -0.1) is 0 Å². The number of benzene rings is 2. The lowest BCUT2D eigenvalue weighted by Crippen LogP contribution is -2.35. The van der Waals surface area contributed by atoms with Gasteiger partial charge in [-0.25, -0.2) is 14.7 Å². The highest BCUT2D eigenvalue weighted by Crippen LogP contribution is 2.30. The summed E-state index contributed by atoms with van der Waals surface area (Å²) in [6, 6.07) is 14.8. The van der Waals surface area contributed by atoms with E-state index in [1.54, 1.807) is 6.07 Å². The average Bonchev–Trinajstić information content (AvgIpc) is 2.83. The number of aromatic nitrogens is 2. The van der Waals surface area contributed by atoms with Gasteiger partial charge in [0.15, 0.2) is 0 Å². The quantitative estimate of drug-likeness (QED) is 0.710. The van der Waals surface area contributed by atoms with Crippen molar-refractivity contribution in [3.05, 3.63) is 48.5 Å². The summed E-state index contributed by atoms with van der Waals surface area (Å²) in [5.41, 5.74) is 8.16. The molecule has 0 aliphatic carbocycles. The van der Waals surface area contributed by atoms with Crippen molar-refractivity contribution in [2.45, 2.75) is 26.4 Å². The highest BCUT2D eigenvalue weighted by molar-refractivity contribution is 5.96. The summed E-state index contributed by atoms with van der Waals surface area (Å²) in [4.78, 5) is 19.0. The first kappa shape index (κ1) is 16.8. The maximum atomic E-state index is 12.9. The highest BCUT2D eigenvalue weighted by Gasteiger charge is 2.28. The van der Waals surface area contributed by atoms with Crippen LogP contribution < -0.4 is 10.6 Å². The maximum Gasteiger partial charge on any atom is 0.421 e. The molecule has 0 unspecified atom stereocenters. The number of amides is 1. The second-order valence-electron chi connectivity index (χ2n) is 6.87. The fourth-order valence-corrected chi connectivity index (χ4v) is 2.59. The maximum absolute atomic E-state index is 12.9. The summed E-state index contributed by atoms with van der Waals surface area (Å²) in [7, 11) is 1.86. The number of hydrogen-bond acceptors (Lipinski definition) is 4. The molecule has 3 rings (SSSR count). The van der Waals surface area contributed by atoms with Gasteiger partial charge in [-0.2, -0.15) is 0 Å². The molecule has 25 heavy (non-hydrogen) atoms. The van der Waals surface area contributed by atoms with Crippen LogP contribution in [0.25, 0.3) is 11.0 Å². The molecule has 1 aromatic heterocycles. The van der Waals surface area contributed by atoms with Crippen LogP contribution in [-0.4, -0.2) is 21.2 Å². The summed E-state index contributed by atoms with van der Waals surface area (Å²) in [5, 5.41) is 0. The molecule has 0 atom stereocenters. The number of ether oxygens (including phenoxy) is 1. The first-order chi connectivity index (χ1) is 11.8. The fraction of sp³-hybridized carbons (Fsp3) is 0.263. The van der Waals surface area contributed by atoms with Crippen LogP contribution in [0.2, 0.25) is 0 Å². The number of nitrogens with zero attached hydrogens (tertiary/aromatic N) is 3. The predicted octanol–water partition coefficient (Wildman–Crippen LogP) is 4.23. The van der Waals surface area contributed by atoms with Gasteiger partial charge in [0.05, 0.1) is 16.7 Å². The van der Waals surface area contributed by atoms with Crippen LogP contribution in [0.1, 0.15) is 20.8 Å². The number of para-hydroxylation sites is 1. The summed E-state index contributed by atoms with van der Waals surface area (Å²) >= 11 is 0. The number of carbonyl (C=O) groups is 1. The van der Waals surface area contributed by atoms with E-state index in [-0.39, 0.29) is 0 Å². The van der Waals surface area contributed by atoms with E-state index in [1.165, 1.54) is 4.90 Å². The fourth-order valence-electron chi connectivity index (χ4n) is 2.59. The van der Waals surface area contributed by atoms with E-state index in [4.69, 9.17) is 10.5 Å². The normalized spacial score (nSPS) is 11.5. The molecule has 0 fully saturated rings. The van der Waals surface area contributed by atoms with Crippen LogP contribution in [0, 0.1) is 0 Å². The lowest BCUT2D eigenvalue weighted by atomic mass is 10.2. The molecule has 0 saturated carbocycles. The lowest BCUT2D eigenvalue weighted by molar-refractivity contribution is 0.0596. The van der Waals surface area contributed by atoms with E-state index in [2.05, 4.69) is 4.98 Å². The molecule has 130 valence electrons. The number of aryl methyl sites for hydroxylation is 1. The van der Waals surface area contributed by atoms with E-state index in [9.17, 15) is 4.79 Å². The van der Waals surface area contributed by atoms with Crippen molar-refractivity contribution in [2.75, 3.05) is 10.6 Å². The van der Waals surface area contributed by atoms with E-state index in [0.717, 1.165) is 11.0 Å². The van der Waals surface area contributed by atoms with Gasteiger partial charge in [0.1, 0.15) is 5.60 Å². The molecule has 0 aliphatic rings. The number of carbonyl (C=O) groups excluding carboxylic acids is 1. The Bertz CT molecular complexity index is 910. The van der Waals surface area contributed by atoms with Crippen molar-refractivity contribution in [1.29, 1.82) is 0 Å². The molecule has 0 radical (unpaired) electrons. The second-order valence-corrected chi connectivity index (χ2v) is 6.87.